The monoisotopic (exact) mass is 279 g/mol. The standard InChI is InChI=1S/C16H25NO3/c1-3-17-15(8-9-19-12-11-18-2)14-6-4-5-13-7-10-20-16(13)14/h4-6,15,17H,3,7-12H2,1-2H3. The first-order chi connectivity index (χ1) is 9.86. The third-order valence-corrected chi connectivity index (χ3v) is 3.55. The van der Waals surface area contributed by atoms with Gasteiger partial charge in [-0.3, -0.25) is 0 Å². The Kier molecular flexibility index (Phi) is 6.30. The summed E-state index contributed by atoms with van der Waals surface area (Å²) in [6.45, 7) is 5.89. The SMILES string of the molecule is CCNC(CCOCCOC)c1cccc2c1OCC2. The van der Waals surface area contributed by atoms with E-state index in [0.29, 0.717) is 13.2 Å². The van der Waals surface area contributed by atoms with E-state index in [-0.39, 0.29) is 6.04 Å². The van der Waals surface area contributed by atoms with Crippen molar-refractivity contribution in [3.05, 3.63) is 29.3 Å². The highest BCUT2D eigenvalue weighted by molar-refractivity contribution is 5.45. The Bertz CT molecular complexity index is 409. The van der Waals surface area contributed by atoms with Gasteiger partial charge in [0.15, 0.2) is 0 Å². The third-order valence-electron chi connectivity index (χ3n) is 3.55. The zero-order valence-electron chi connectivity index (χ0n) is 12.5. The van der Waals surface area contributed by atoms with Crippen molar-refractivity contribution >= 4 is 0 Å². The fraction of sp³-hybridized carbons (Fsp3) is 0.625. The van der Waals surface area contributed by atoms with Gasteiger partial charge in [-0.05, 0) is 18.5 Å². The molecule has 0 radical (unpaired) electrons. The number of hydrogen-bond donors (Lipinski definition) is 1. The van der Waals surface area contributed by atoms with E-state index < -0.39 is 0 Å². The van der Waals surface area contributed by atoms with Gasteiger partial charge in [-0.15, -0.1) is 0 Å². The second-order valence-corrected chi connectivity index (χ2v) is 4.94. The minimum absolute atomic E-state index is 0.288. The quantitative estimate of drug-likeness (QED) is 0.704. The summed E-state index contributed by atoms with van der Waals surface area (Å²) in [6, 6.07) is 6.73. The fourth-order valence-corrected chi connectivity index (χ4v) is 2.57. The molecule has 4 nitrogen and oxygen atoms in total. The first-order valence-corrected chi connectivity index (χ1v) is 7.41. The average Bonchev–Trinajstić information content (AvgIpc) is 2.94. The maximum absolute atomic E-state index is 5.80. The Morgan fingerprint density at radius 1 is 1.30 bits per heavy atom. The molecule has 0 spiro atoms. The van der Waals surface area contributed by atoms with Crippen LogP contribution in [0.15, 0.2) is 18.2 Å². The lowest BCUT2D eigenvalue weighted by Gasteiger charge is -2.20. The van der Waals surface area contributed by atoms with Crippen LogP contribution in [-0.4, -0.2) is 40.1 Å². The minimum atomic E-state index is 0.288. The molecule has 20 heavy (non-hydrogen) atoms. The molecule has 1 aromatic rings. The molecule has 1 aliphatic heterocycles. The molecule has 1 atom stereocenters. The number of ether oxygens (including phenoxy) is 3. The summed E-state index contributed by atoms with van der Waals surface area (Å²) in [4.78, 5) is 0. The summed E-state index contributed by atoms with van der Waals surface area (Å²) in [5.41, 5.74) is 2.59. The molecule has 2 rings (SSSR count). The first kappa shape index (κ1) is 15.3. The lowest BCUT2D eigenvalue weighted by molar-refractivity contribution is 0.0657. The predicted octanol–water partition coefficient (Wildman–Crippen LogP) is 2.33. The second kappa shape index (κ2) is 8.25. The van der Waals surface area contributed by atoms with Gasteiger partial charge in [0.05, 0.1) is 19.8 Å². The molecule has 1 N–H and O–H groups in total. The lowest BCUT2D eigenvalue weighted by atomic mass is 9.99. The summed E-state index contributed by atoms with van der Waals surface area (Å²) in [7, 11) is 1.69. The molecule has 0 saturated carbocycles. The fourth-order valence-electron chi connectivity index (χ4n) is 2.57. The van der Waals surface area contributed by atoms with Crippen molar-refractivity contribution < 1.29 is 14.2 Å². The van der Waals surface area contributed by atoms with E-state index in [2.05, 4.69) is 30.4 Å². The van der Waals surface area contributed by atoms with Gasteiger partial charge >= 0.3 is 0 Å². The Hall–Kier alpha value is -1.10. The molecule has 0 aromatic heterocycles. The Morgan fingerprint density at radius 2 is 2.20 bits per heavy atom. The van der Waals surface area contributed by atoms with Crippen LogP contribution in [-0.2, 0) is 15.9 Å². The number of benzene rings is 1. The normalized spacial score (nSPS) is 14.9. The van der Waals surface area contributed by atoms with Crippen molar-refractivity contribution in [3.63, 3.8) is 0 Å². The molecule has 0 bridgehead atoms. The van der Waals surface area contributed by atoms with Crippen LogP contribution in [0.3, 0.4) is 0 Å². The van der Waals surface area contributed by atoms with Crippen LogP contribution in [0.1, 0.15) is 30.5 Å². The van der Waals surface area contributed by atoms with Crippen LogP contribution < -0.4 is 10.1 Å². The van der Waals surface area contributed by atoms with Crippen LogP contribution in [0.4, 0.5) is 0 Å². The average molecular weight is 279 g/mol. The maximum Gasteiger partial charge on any atom is 0.127 e. The summed E-state index contributed by atoms with van der Waals surface area (Å²) < 4.78 is 16.4. The second-order valence-electron chi connectivity index (χ2n) is 4.94. The number of rotatable bonds is 9. The zero-order chi connectivity index (χ0) is 14.2. The summed E-state index contributed by atoms with van der Waals surface area (Å²) in [5.74, 6) is 1.08. The minimum Gasteiger partial charge on any atom is -0.493 e. The molecule has 1 aliphatic rings. The Morgan fingerprint density at radius 3 is 3.00 bits per heavy atom. The first-order valence-electron chi connectivity index (χ1n) is 7.41. The topological polar surface area (TPSA) is 39.7 Å². The van der Waals surface area contributed by atoms with Crippen molar-refractivity contribution in [2.24, 2.45) is 0 Å². The van der Waals surface area contributed by atoms with Crippen LogP contribution in [0.2, 0.25) is 0 Å². The maximum atomic E-state index is 5.80. The smallest absolute Gasteiger partial charge is 0.127 e. The number of nitrogens with one attached hydrogen (secondary N) is 1. The summed E-state index contributed by atoms with van der Waals surface area (Å²) >= 11 is 0. The van der Waals surface area contributed by atoms with Gasteiger partial charge in [0, 0.05) is 31.7 Å². The zero-order valence-corrected chi connectivity index (χ0v) is 12.5. The van der Waals surface area contributed by atoms with E-state index in [9.17, 15) is 0 Å². The molecule has 0 aliphatic carbocycles. The highest BCUT2D eigenvalue weighted by Gasteiger charge is 2.21. The molecule has 1 unspecified atom stereocenters. The molecule has 112 valence electrons. The van der Waals surface area contributed by atoms with E-state index >= 15 is 0 Å². The lowest BCUT2D eigenvalue weighted by Crippen LogP contribution is -2.23. The van der Waals surface area contributed by atoms with E-state index in [4.69, 9.17) is 14.2 Å². The molecule has 1 heterocycles. The van der Waals surface area contributed by atoms with E-state index in [1.54, 1.807) is 7.11 Å². The highest BCUT2D eigenvalue weighted by atomic mass is 16.5. The van der Waals surface area contributed by atoms with Crippen molar-refractivity contribution in [1.82, 2.24) is 5.32 Å². The van der Waals surface area contributed by atoms with Gasteiger partial charge in [-0.2, -0.15) is 0 Å². The summed E-state index contributed by atoms with van der Waals surface area (Å²) in [6.07, 6.45) is 1.96. The van der Waals surface area contributed by atoms with Crippen LogP contribution in [0, 0.1) is 0 Å². The summed E-state index contributed by atoms with van der Waals surface area (Å²) in [5, 5.41) is 3.53. The largest absolute Gasteiger partial charge is 0.493 e. The van der Waals surface area contributed by atoms with Gasteiger partial charge in [0.25, 0.3) is 0 Å². The predicted molar refractivity (Wildman–Crippen MR) is 79.4 cm³/mol. The Balaban J connectivity index is 1.96. The van der Waals surface area contributed by atoms with E-state index in [0.717, 1.165) is 38.3 Å². The van der Waals surface area contributed by atoms with Gasteiger partial charge in [-0.1, -0.05) is 25.1 Å². The molecule has 0 saturated heterocycles. The van der Waals surface area contributed by atoms with Crippen LogP contribution in [0.5, 0.6) is 5.75 Å². The van der Waals surface area contributed by atoms with Crippen molar-refractivity contribution in [2.75, 3.05) is 40.1 Å². The van der Waals surface area contributed by atoms with E-state index in [1.165, 1.54) is 11.1 Å². The third kappa shape index (κ3) is 3.95. The van der Waals surface area contributed by atoms with Gasteiger partial charge < -0.3 is 19.5 Å². The molecule has 1 aromatic carbocycles. The molecule has 0 fully saturated rings. The molecular formula is C16H25NO3. The van der Waals surface area contributed by atoms with E-state index in [1.807, 2.05) is 0 Å². The molecular weight excluding hydrogens is 254 g/mol. The number of fused-ring (bicyclic) bond motifs is 1. The van der Waals surface area contributed by atoms with Gasteiger partial charge in [-0.25, -0.2) is 0 Å². The van der Waals surface area contributed by atoms with Crippen molar-refractivity contribution in [1.29, 1.82) is 0 Å². The molecule has 4 heteroatoms. The van der Waals surface area contributed by atoms with Gasteiger partial charge in [0.1, 0.15) is 5.75 Å². The number of methoxy groups -OCH3 is 1. The Labute approximate surface area is 121 Å². The van der Waals surface area contributed by atoms with Crippen LogP contribution >= 0.6 is 0 Å². The van der Waals surface area contributed by atoms with Gasteiger partial charge in [0.2, 0.25) is 0 Å². The molecule has 0 amide bonds. The van der Waals surface area contributed by atoms with Crippen molar-refractivity contribution in [2.45, 2.75) is 25.8 Å². The van der Waals surface area contributed by atoms with Crippen molar-refractivity contribution in [3.8, 4) is 5.75 Å². The van der Waals surface area contributed by atoms with Crippen LogP contribution in [0.25, 0.3) is 0 Å². The number of para-hydroxylation sites is 1. The highest BCUT2D eigenvalue weighted by Crippen LogP contribution is 2.34. The number of hydrogen-bond acceptors (Lipinski definition) is 4.